The van der Waals surface area contributed by atoms with E-state index in [0.29, 0.717) is 19.6 Å². The summed E-state index contributed by atoms with van der Waals surface area (Å²) in [5.41, 5.74) is 5.04. The van der Waals surface area contributed by atoms with Crippen LogP contribution in [0.4, 0.5) is 5.69 Å². The van der Waals surface area contributed by atoms with Crippen LogP contribution in [-0.4, -0.2) is 57.9 Å². The Morgan fingerprint density at radius 3 is 2.53 bits per heavy atom. The second kappa shape index (κ2) is 8.11. The summed E-state index contributed by atoms with van der Waals surface area (Å²) in [7, 11) is 0. The normalized spacial score (nSPS) is 18.3. The highest BCUT2D eigenvalue weighted by atomic mass is 16.2. The monoisotopic (exact) mass is 430 g/mol. The molecule has 0 aliphatic carbocycles. The minimum atomic E-state index is -0.313. The maximum absolute atomic E-state index is 13.2. The number of carbonyl (C=O) groups is 2. The molecule has 2 aliphatic rings. The summed E-state index contributed by atoms with van der Waals surface area (Å²) >= 11 is 0. The van der Waals surface area contributed by atoms with E-state index in [4.69, 9.17) is 0 Å². The number of hydrogen-bond donors (Lipinski definition) is 1. The van der Waals surface area contributed by atoms with Crippen molar-refractivity contribution >= 4 is 17.5 Å². The van der Waals surface area contributed by atoms with Gasteiger partial charge in [-0.15, -0.1) is 5.10 Å². The zero-order chi connectivity index (χ0) is 22.2. The minimum absolute atomic E-state index is 0.134. The van der Waals surface area contributed by atoms with Gasteiger partial charge in [0, 0.05) is 31.9 Å². The average Bonchev–Trinajstić information content (AvgIpc) is 3.25. The predicted octanol–water partition coefficient (Wildman–Crippen LogP) is 2.34. The summed E-state index contributed by atoms with van der Waals surface area (Å²) in [5.74, 6) is -0.548. The van der Waals surface area contributed by atoms with Gasteiger partial charge in [-0.25, -0.2) is 4.68 Å². The van der Waals surface area contributed by atoms with Gasteiger partial charge in [0.25, 0.3) is 11.8 Å². The molecule has 8 nitrogen and oxygen atoms in total. The Morgan fingerprint density at radius 1 is 1.03 bits per heavy atom. The van der Waals surface area contributed by atoms with Crippen molar-refractivity contribution in [1.82, 2.24) is 25.2 Å². The van der Waals surface area contributed by atoms with Crippen molar-refractivity contribution in [2.75, 3.05) is 31.1 Å². The van der Waals surface area contributed by atoms with Crippen LogP contribution >= 0.6 is 0 Å². The number of carbonyl (C=O) groups excluding carboxylic acids is 2. The molecule has 164 valence electrons. The van der Waals surface area contributed by atoms with Gasteiger partial charge >= 0.3 is 0 Å². The third-order valence-corrected chi connectivity index (χ3v) is 6.29. The predicted molar refractivity (Wildman–Crippen MR) is 121 cm³/mol. The highest BCUT2D eigenvalue weighted by molar-refractivity contribution is 6.05. The number of aryl methyl sites for hydroxylation is 2. The molecular formula is C24H26N6O2. The lowest BCUT2D eigenvalue weighted by Crippen LogP contribution is -2.49. The van der Waals surface area contributed by atoms with Crippen LogP contribution in [0.1, 0.15) is 43.7 Å². The van der Waals surface area contributed by atoms with Crippen molar-refractivity contribution in [3.8, 4) is 0 Å². The first kappa shape index (κ1) is 20.2. The van der Waals surface area contributed by atoms with E-state index >= 15 is 0 Å². The third kappa shape index (κ3) is 3.62. The molecule has 1 atom stereocenters. The standard InChI is InChI=1S/C24H26N6O2/c1-16-8-9-17(2)20(14-16)28-10-12-29(13-11-28)24(32)21-22-23(31)25-19(15-30(22)27-26-21)18-6-4-3-5-7-18/h3-9,14,19H,10-13,15H2,1-2H3,(H,25,31)/t19-/m1/s1. The van der Waals surface area contributed by atoms with Gasteiger partial charge in [0.05, 0.1) is 12.6 Å². The highest BCUT2D eigenvalue weighted by Crippen LogP contribution is 2.25. The first-order chi connectivity index (χ1) is 15.5. The van der Waals surface area contributed by atoms with Crippen molar-refractivity contribution in [2.45, 2.75) is 26.4 Å². The highest BCUT2D eigenvalue weighted by Gasteiger charge is 2.35. The van der Waals surface area contributed by atoms with Crippen LogP contribution in [0, 0.1) is 13.8 Å². The number of nitrogens with zero attached hydrogens (tertiary/aromatic N) is 5. The van der Waals surface area contributed by atoms with Gasteiger partial charge in [-0.2, -0.15) is 0 Å². The topological polar surface area (TPSA) is 83.4 Å². The van der Waals surface area contributed by atoms with E-state index in [1.165, 1.54) is 16.8 Å². The number of fused-ring (bicyclic) bond motifs is 1. The first-order valence-electron chi connectivity index (χ1n) is 10.9. The maximum atomic E-state index is 13.2. The molecule has 2 amide bonds. The lowest BCUT2D eigenvalue weighted by Gasteiger charge is -2.36. The van der Waals surface area contributed by atoms with Crippen LogP contribution in [0.15, 0.2) is 48.5 Å². The van der Waals surface area contributed by atoms with Gasteiger partial charge in [0.2, 0.25) is 0 Å². The Labute approximate surface area is 186 Å². The van der Waals surface area contributed by atoms with Crippen LogP contribution in [0.2, 0.25) is 0 Å². The molecule has 5 rings (SSSR count). The molecule has 1 saturated heterocycles. The number of anilines is 1. The van der Waals surface area contributed by atoms with E-state index in [0.717, 1.165) is 18.7 Å². The number of amides is 2. The van der Waals surface area contributed by atoms with Crippen LogP contribution < -0.4 is 10.2 Å². The minimum Gasteiger partial charge on any atom is -0.368 e. The molecule has 0 radical (unpaired) electrons. The Morgan fingerprint density at radius 2 is 1.78 bits per heavy atom. The molecule has 0 bridgehead atoms. The fourth-order valence-corrected chi connectivity index (χ4v) is 4.49. The van der Waals surface area contributed by atoms with Crippen molar-refractivity contribution in [3.63, 3.8) is 0 Å². The molecule has 1 fully saturated rings. The van der Waals surface area contributed by atoms with Gasteiger partial charge in [0.15, 0.2) is 11.4 Å². The van der Waals surface area contributed by atoms with Gasteiger partial charge in [0.1, 0.15) is 0 Å². The average molecular weight is 431 g/mol. The molecular weight excluding hydrogens is 404 g/mol. The van der Waals surface area contributed by atoms with Crippen LogP contribution in [-0.2, 0) is 6.54 Å². The van der Waals surface area contributed by atoms with E-state index < -0.39 is 0 Å². The zero-order valence-electron chi connectivity index (χ0n) is 18.3. The summed E-state index contributed by atoms with van der Waals surface area (Å²) in [4.78, 5) is 30.1. The van der Waals surface area contributed by atoms with Gasteiger partial charge in [-0.05, 0) is 36.6 Å². The van der Waals surface area contributed by atoms with E-state index in [9.17, 15) is 9.59 Å². The Balaban J connectivity index is 1.30. The fourth-order valence-electron chi connectivity index (χ4n) is 4.49. The number of nitrogens with one attached hydrogen (secondary N) is 1. The molecule has 32 heavy (non-hydrogen) atoms. The van der Waals surface area contributed by atoms with Gasteiger partial charge < -0.3 is 15.1 Å². The van der Waals surface area contributed by atoms with Crippen LogP contribution in [0.25, 0.3) is 0 Å². The Hall–Kier alpha value is -3.68. The third-order valence-electron chi connectivity index (χ3n) is 6.29. The maximum Gasteiger partial charge on any atom is 0.277 e. The quantitative estimate of drug-likeness (QED) is 0.690. The van der Waals surface area contributed by atoms with Crippen molar-refractivity contribution < 1.29 is 9.59 Å². The lowest BCUT2D eigenvalue weighted by atomic mass is 10.0. The molecule has 1 aromatic heterocycles. The summed E-state index contributed by atoms with van der Waals surface area (Å²) in [6.45, 7) is 7.27. The van der Waals surface area contributed by atoms with Crippen molar-refractivity contribution in [3.05, 3.63) is 76.6 Å². The van der Waals surface area contributed by atoms with Gasteiger partial charge in [-0.3, -0.25) is 9.59 Å². The SMILES string of the molecule is Cc1ccc(C)c(N2CCN(C(=O)c3nnn4c3C(=O)N[C@@H](c3ccccc3)C4)CC2)c1. The molecule has 2 aromatic carbocycles. The van der Waals surface area contributed by atoms with Crippen molar-refractivity contribution in [2.24, 2.45) is 0 Å². The molecule has 1 N–H and O–H groups in total. The van der Waals surface area contributed by atoms with E-state index in [-0.39, 0.29) is 29.2 Å². The molecule has 3 aromatic rings. The summed E-state index contributed by atoms with van der Waals surface area (Å²) in [5, 5.41) is 11.2. The Bertz CT molecular complexity index is 1160. The molecule has 3 heterocycles. The lowest BCUT2D eigenvalue weighted by molar-refractivity contribution is 0.0731. The molecule has 8 heteroatoms. The summed E-state index contributed by atoms with van der Waals surface area (Å²) in [6, 6.07) is 16.0. The van der Waals surface area contributed by atoms with E-state index in [1.54, 1.807) is 9.58 Å². The number of rotatable bonds is 3. The Kier molecular flexibility index (Phi) is 5.13. The number of piperazine rings is 1. The van der Waals surface area contributed by atoms with Crippen LogP contribution in [0.5, 0.6) is 0 Å². The second-order valence-electron chi connectivity index (χ2n) is 8.47. The van der Waals surface area contributed by atoms with Gasteiger partial charge in [-0.1, -0.05) is 47.7 Å². The first-order valence-corrected chi connectivity index (χ1v) is 10.9. The number of hydrogen-bond acceptors (Lipinski definition) is 5. The smallest absolute Gasteiger partial charge is 0.277 e. The molecule has 0 saturated carbocycles. The van der Waals surface area contributed by atoms with Crippen LogP contribution in [0.3, 0.4) is 0 Å². The fraction of sp³-hybridized carbons (Fsp3) is 0.333. The van der Waals surface area contributed by atoms with Crippen molar-refractivity contribution in [1.29, 1.82) is 0 Å². The number of benzene rings is 2. The van der Waals surface area contributed by atoms with E-state index in [1.807, 2.05) is 30.3 Å². The summed E-state index contributed by atoms with van der Waals surface area (Å²) < 4.78 is 1.55. The molecule has 0 spiro atoms. The van der Waals surface area contributed by atoms with E-state index in [2.05, 4.69) is 52.6 Å². The molecule has 2 aliphatic heterocycles. The zero-order valence-corrected chi connectivity index (χ0v) is 18.3. The second-order valence-corrected chi connectivity index (χ2v) is 8.47. The largest absolute Gasteiger partial charge is 0.368 e. The molecule has 0 unspecified atom stereocenters. The summed E-state index contributed by atoms with van der Waals surface area (Å²) in [6.07, 6.45) is 0. The number of aromatic nitrogens is 3.